The fraction of sp³-hybridized carbons (Fsp3) is 0.174. The van der Waals surface area contributed by atoms with Gasteiger partial charge >= 0.3 is 0 Å². The highest BCUT2D eigenvalue weighted by Crippen LogP contribution is 2.33. The van der Waals surface area contributed by atoms with Gasteiger partial charge in [0.1, 0.15) is 24.2 Å². The second kappa shape index (κ2) is 8.77. The number of hydrogen-bond donors (Lipinski definition) is 1. The van der Waals surface area contributed by atoms with Crippen molar-refractivity contribution in [3.63, 3.8) is 0 Å². The van der Waals surface area contributed by atoms with Crippen LogP contribution in [0.5, 0.6) is 11.5 Å². The van der Waals surface area contributed by atoms with Crippen LogP contribution < -0.4 is 4.74 Å². The lowest BCUT2D eigenvalue weighted by molar-refractivity contribution is -0.326. The van der Waals surface area contributed by atoms with Gasteiger partial charge in [-0.25, -0.2) is 9.90 Å². The molecule has 1 N–H and O–H groups in total. The van der Waals surface area contributed by atoms with Crippen LogP contribution in [0.3, 0.4) is 0 Å². The average Bonchev–Trinajstić information content (AvgIpc) is 2.78. The largest absolute Gasteiger partial charge is 0.507 e. The molecule has 6 heteroatoms. The molecule has 29 heavy (non-hydrogen) atoms. The highest BCUT2D eigenvalue weighted by atomic mass is 16.8. The first-order valence-electron chi connectivity index (χ1n) is 9.35. The molecule has 0 aliphatic carbocycles. The number of hydrogen-bond acceptors (Lipinski definition) is 5. The summed E-state index contributed by atoms with van der Waals surface area (Å²) in [5.41, 5.74) is 0.955. The molecule has 1 fully saturated rings. The summed E-state index contributed by atoms with van der Waals surface area (Å²) in [5, 5.41) is 11.5. The Labute approximate surface area is 168 Å². The van der Waals surface area contributed by atoms with Crippen LogP contribution in [-0.2, 0) is 9.57 Å². The summed E-state index contributed by atoms with van der Waals surface area (Å²) in [4.78, 5) is 18.7. The first-order chi connectivity index (χ1) is 14.2. The van der Waals surface area contributed by atoms with Crippen LogP contribution in [0.2, 0.25) is 0 Å². The molecule has 1 aliphatic heterocycles. The second-order valence-electron chi connectivity index (χ2n) is 6.61. The Morgan fingerprint density at radius 2 is 1.62 bits per heavy atom. The van der Waals surface area contributed by atoms with Gasteiger partial charge in [0.05, 0.1) is 12.1 Å². The summed E-state index contributed by atoms with van der Waals surface area (Å²) in [5.74, 6) is 0.468. The average molecular weight is 391 g/mol. The van der Waals surface area contributed by atoms with Gasteiger partial charge in [0.2, 0.25) is 6.29 Å². The first-order valence-corrected chi connectivity index (χ1v) is 9.35. The van der Waals surface area contributed by atoms with Crippen molar-refractivity contribution in [3.8, 4) is 11.5 Å². The van der Waals surface area contributed by atoms with E-state index in [1.54, 1.807) is 48.5 Å². The molecule has 3 aromatic carbocycles. The van der Waals surface area contributed by atoms with Crippen molar-refractivity contribution >= 4 is 5.91 Å². The van der Waals surface area contributed by atoms with Crippen LogP contribution in [-0.4, -0.2) is 35.3 Å². The number of aromatic hydroxyl groups is 1. The standard InChI is InChI=1S/C23H21NO5/c25-21-14-8-7-13-20(21)23-28-19(16-27-18-11-5-2-6-12-18)15-24(29-23)22(26)17-9-3-1-4-10-17/h1-14,19,23,25H,15-16H2/t19-,23-/m1/s1. The van der Waals surface area contributed by atoms with Crippen LogP contribution in [0.25, 0.3) is 0 Å². The summed E-state index contributed by atoms with van der Waals surface area (Å²) in [6.45, 7) is 0.431. The number of amides is 1. The highest BCUT2D eigenvalue weighted by molar-refractivity contribution is 5.93. The van der Waals surface area contributed by atoms with E-state index in [9.17, 15) is 9.90 Å². The molecule has 0 unspecified atom stereocenters. The molecular formula is C23H21NO5. The maximum atomic E-state index is 12.9. The quantitative estimate of drug-likeness (QED) is 0.713. The Morgan fingerprint density at radius 3 is 2.34 bits per heavy atom. The monoisotopic (exact) mass is 391 g/mol. The smallest absolute Gasteiger partial charge is 0.277 e. The van der Waals surface area contributed by atoms with E-state index in [2.05, 4.69) is 0 Å². The fourth-order valence-electron chi connectivity index (χ4n) is 3.06. The molecule has 3 aromatic rings. The zero-order chi connectivity index (χ0) is 20.1. The van der Waals surface area contributed by atoms with Crippen molar-refractivity contribution < 1.29 is 24.2 Å². The van der Waals surface area contributed by atoms with E-state index in [0.29, 0.717) is 16.9 Å². The van der Waals surface area contributed by atoms with Gasteiger partial charge in [-0.2, -0.15) is 0 Å². The third-order valence-corrected chi connectivity index (χ3v) is 4.53. The molecule has 2 atom stereocenters. The predicted molar refractivity (Wildman–Crippen MR) is 106 cm³/mol. The number of benzene rings is 3. The van der Waals surface area contributed by atoms with Crippen molar-refractivity contribution in [3.05, 3.63) is 96.1 Å². The Kier molecular flexibility index (Phi) is 5.74. The van der Waals surface area contributed by atoms with E-state index in [1.807, 2.05) is 36.4 Å². The fourth-order valence-corrected chi connectivity index (χ4v) is 3.06. The predicted octanol–water partition coefficient (Wildman–Crippen LogP) is 3.94. The number of ether oxygens (including phenoxy) is 2. The summed E-state index contributed by atoms with van der Waals surface area (Å²) >= 11 is 0. The van der Waals surface area contributed by atoms with Gasteiger partial charge in [0.15, 0.2) is 0 Å². The number of nitrogens with zero attached hydrogens (tertiary/aromatic N) is 1. The molecule has 1 aliphatic rings. The summed E-state index contributed by atoms with van der Waals surface area (Å²) < 4.78 is 11.8. The van der Waals surface area contributed by atoms with Gasteiger partial charge in [-0.3, -0.25) is 4.79 Å². The number of carbonyl (C=O) groups is 1. The van der Waals surface area contributed by atoms with E-state index >= 15 is 0 Å². The van der Waals surface area contributed by atoms with Crippen molar-refractivity contribution in [1.82, 2.24) is 5.06 Å². The zero-order valence-corrected chi connectivity index (χ0v) is 15.7. The molecule has 0 bridgehead atoms. The summed E-state index contributed by atoms with van der Waals surface area (Å²) in [6, 6.07) is 25.0. The minimum Gasteiger partial charge on any atom is -0.507 e. The number of hydroxylamine groups is 2. The van der Waals surface area contributed by atoms with Gasteiger partial charge in [-0.1, -0.05) is 54.6 Å². The highest BCUT2D eigenvalue weighted by Gasteiger charge is 2.34. The second-order valence-corrected chi connectivity index (χ2v) is 6.61. The normalized spacial score (nSPS) is 19.0. The van der Waals surface area contributed by atoms with E-state index in [4.69, 9.17) is 14.3 Å². The summed E-state index contributed by atoms with van der Waals surface area (Å²) in [7, 11) is 0. The van der Waals surface area contributed by atoms with Crippen LogP contribution in [0.1, 0.15) is 22.2 Å². The molecule has 0 saturated carbocycles. The molecule has 1 heterocycles. The minimum absolute atomic E-state index is 0.0363. The lowest BCUT2D eigenvalue weighted by atomic mass is 10.1. The number of carbonyl (C=O) groups excluding carboxylic acids is 1. The molecule has 148 valence electrons. The molecule has 4 rings (SSSR count). The number of rotatable bonds is 5. The molecule has 0 aromatic heterocycles. The van der Waals surface area contributed by atoms with E-state index < -0.39 is 12.4 Å². The Bertz CT molecular complexity index is 948. The van der Waals surface area contributed by atoms with Crippen LogP contribution in [0.15, 0.2) is 84.9 Å². The Morgan fingerprint density at radius 1 is 0.966 bits per heavy atom. The maximum absolute atomic E-state index is 12.9. The molecule has 1 amide bonds. The molecular weight excluding hydrogens is 370 g/mol. The number of phenols is 1. The Balaban J connectivity index is 1.54. The first kappa shape index (κ1) is 19.0. The van der Waals surface area contributed by atoms with Crippen molar-refractivity contribution in [1.29, 1.82) is 0 Å². The summed E-state index contributed by atoms with van der Waals surface area (Å²) in [6.07, 6.45) is -1.37. The molecule has 0 spiro atoms. The molecule has 0 radical (unpaired) electrons. The van der Waals surface area contributed by atoms with Crippen LogP contribution in [0, 0.1) is 0 Å². The maximum Gasteiger partial charge on any atom is 0.277 e. The topological polar surface area (TPSA) is 68.2 Å². The molecule has 6 nitrogen and oxygen atoms in total. The third kappa shape index (κ3) is 4.56. The van der Waals surface area contributed by atoms with E-state index in [1.165, 1.54) is 5.06 Å². The van der Waals surface area contributed by atoms with Crippen LogP contribution in [0.4, 0.5) is 0 Å². The van der Waals surface area contributed by atoms with E-state index in [-0.39, 0.29) is 24.8 Å². The molecule has 1 saturated heterocycles. The SMILES string of the molecule is O=C(c1ccccc1)N1C[C@H](COc2ccccc2)O[C@@H](c2ccccc2O)O1. The zero-order valence-electron chi connectivity index (χ0n) is 15.7. The number of para-hydroxylation sites is 2. The van der Waals surface area contributed by atoms with Crippen molar-refractivity contribution in [2.24, 2.45) is 0 Å². The third-order valence-electron chi connectivity index (χ3n) is 4.53. The van der Waals surface area contributed by atoms with Crippen LogP contribution >= 0.6 is 0 Å². The minimum atomic E-state index is -0.929. The number of phenolic OH excluding ortho intramolecular Hbond substituents is 1. The van der Waals surface area contributed by atoms with Crippen molar-refractivity contribution in [2.45, 2.75) is 12.4 Å². The Hall–Kier alpha value is -3.35. The van der Waals surface area contributed by atoms with Crippen molar-refractivity contribution in [2.75, 3.05) is 13.2 Å². The van der Waals surface area contributed by atoms with Gasteiger partial charge in [-0.15, -0.1) is 0 Å². The lowest BCUT2D eigenvalue weighted by Crippen LogP contribution is -2.47. The lowest BCUT2D eigenvalue weighted by Gasteiger charge is -2.37. The van der Waals surface area contributed by atoms with Gasteiger partial charge in [0, 0.05) is 5.56 Å². The van der Waals surface area contributed by atoms with Gasteiger partial charge in [-0.05, 0) is 30.3 Å². The van der Waals surface area contributed by atoms with E-state index in [0.717, 1.165) is 0 Å². The van der Waals surface area contributed by atoms with Gasteiger partial charge < -0.3 is 14.6 Å². The van der Waals surface area contributed by atoms with Gasteiger partial charge in [0.25, 0.3) is 5.91 Å².